The number of nitrogens with zero attached hydrogens (tertiary/aromatic N) is 3. The molecule has 0 spiro atoms. The lowest BCUT2D eigenvalue weighted by Gasteiger charge is -2.41. The normalized spacial score (nSPS) is 26.0. The summed E-state index contributed by atoms with van der Waals surface area (Å²) in [4.78, 5) is 13.6. The van der Waals surface area contributed by atoms with E-state index in [4.69, 9.17) is 4.74 Å². The van der Waals surface area contributed by atoms with Gasteiger partial charge in [0.2, 0.25) is 0 Å². The third kappa shape index (κ3) is 1.74. The van der Waals surface area contributed by atoms with Crippen LogP contribution < -0.4 is 0 Å². The van der Waals surface area contributed by atoms with Gasteiger partial charge in [-0.25, -0.2) is 0 Å². The first-order valence-corrected chi connectivity index (χ1v) is 6.08. The molecule has 17 heavy (non-hydrogen) atoms. The summed E-state index contributed by atoms with van der Waals surface area (Å²) in [7, 11) is 0. The van der Waals surface area contributed by atoms with Gasteiger partial charge in [-0.3, -0.25) is 14.4 Å². The van der Waals surface area contributed by atoms with E-state index in [1.54, 1.807) is 0 Å². The van der Waals surface area contributed by atoms with E-state index >= 15 is 0 Å². The number of carbonyl (C=O) groups excluding carboxylic acids is 1. The van der Waals surface area contributed by atoms with Gasteiger partial charge in [-0.05, 0) is 19.9 Å². The number of ether oxygens (including phenoxy) is 1. The van der Waals surface area contributed by atoms with Crippen LogP contribution in [0.2, 0.25) is 0 Å². The predicted molar refractivity (Wildman–Crippen MR) is 61.7 cm³/mol. The van der Waals surface area contributed by atoms with Gasteiger partial charge in [0, 0.05) is 25.2 Å². The van der Waals surface area contributed by atoms with E-state index < -0.39 is 0 Å². The number of hydrogen-bond acceptors (Lipinski definition) is 4. The second-order valence-electron chi connectivity index (χ2n) is 4.95. The number of carbonyl (C=O) groups is 1. The van der Waals surface area contributed by atoms with E-state index in [0.29, 0.717) is 12.6 Å². The number of aromatic nitrogens is 2. The minimum absolute atomic E-state index is 0.0109. The van der Waals surface area contributed by atoms with Crippen molar-refractivity contribution < 1.29 is 9.53 Å². The Morgan fingerprint density at radius 3 is 2.71 bits per heavy atom. The fourth-order valence-electron chi connectivity index (χ4n) is 2.73. The van der Waals surface area contributed by atoms with Crippen molar-refractivity contribution in [2.24, 2.45) is 0 Å². The summed E-state index contributed by atoms with van der Waals surface area (Å²) < 4.78 is 7.06. The van der Waals surface area contributed by atoms with Crippen LogP contribution in [0.3, 0.4) is 0 Å². The summed E-state index contributed by atoms with van der Waals surface area (Å²) in [5.41, 5.74) is 2.25. The molecular weight excluding hydrogens is 218 g/mol. The van der Waals surface area contributed by atoms with E-state index in [9.17, 15) is 4.79 Å². The number of likely N-dealkylation sites (tertiary alicyclic amines) is 1. The quantitative estimate of drug-likeness (QED) is 0.707. The Morgan fingerprint density at radius 1 is 1.41 bits per heavy atom. The molecule has 2 aliphatic heterocycles. The van der Waals surface area contributed by atoms with Gasteiger partial charge in [0.1, 0.15) is 6.04 Å². The molecular formula is C12H17N3O2. The number of esters is 1. The van der Waals surface area contributed by atoms with Crippen LogP contribution in [-0.2, 0) is 9.53 Å². The highest BCUT2D eigenvalue weighted by atomic mass is 16.5. The Kier molecular flexibility index (Phi) is 2.43. The lowest BCUT2D eigenvalue weighted by atomic mass is 10.0. The van der Waals surface area contributed by atoms with Gasteiger partial charge in [0.05, 0.1) is 18.3 Å². The van der Waals surface area contributed by atoms with Crippen molar-refractivity contribution >= 4 is 5.97 Å². The van der Waals surface area contributed by atoms with Crippen molar-refractivity contribution in [3.63, 3.8) is 0 Å². The van der Waals surface area contributed by atoms with Gasteiger partial charge < -0.3 is 4.74 Å². The maximum atomic E-state index is 11.4. The number of aryl methyl sites for hydroxylation is 2. The highest BCUT2D eigenvalue weighted by Crippen LogP contribution is 2.28. The molecule has 0 aromatic carbocycles. The summed E-state index contributed by atoms with van der Waals surface area (Å²) in [6, 6.07) is 2.49. The Hall–Kier alpha value is -1.36. The monoisotopic (exact) mass is 235 g/mol. The first kappa shape index (κ1) is 10.8. The largest absolute Gasteiger partial charge is 0.464 e. The van der Waals surface area contributed by atoms with Crippen molar-refractivity contribution in [2.75, 3.05) is 19.7 Å². The minimum Gasteiger partial charge on any atom is -0.464 e. The lowest BCUT2D eigenvalue weighted by Crippen LogP contribution is -2.54. The van der Waals surface area contributed by atoms with Crippen molar-refractivity contribution in [3.05, 3.63) is 17.5 Å². The standard InChI is InChI=1S/C12H17N3O2/c1-8-5-9(2)15(13-8)10-6-14(7-10)11-3-4-17-12(11)16/h5,10-11H,3-4,6-7H2,1-2H3/t11-/m1/s1. The van der Waals surface area contributed by atoms with Gasteiger partial charge in [-0.1, -0.05) is 0 Å². The summed E-state index contributed by atoms with van der Waals surface area (Å²) in [6.45, 7) is 6.47. The highest BCUT2D eigenvalue weighted by molar-refractivity contribution is 5.77. The molecule has 2 aliphatic rings. The molecule has 0 amide bonds. The van der Waals surface area contributed by atoms with Crippen LogP contribution in [0.5, 0.6) is 0 Å². The van der Waals surface area contributed by atoms with Crippen LogP contribution in [0.1, 0.15) is 23.9 Å². The van der Waals surface area contributed by atoms with Gasteiger partial charge in [0.25, 0.3) is 0 Å². The minimum atomic E-state index is -0.0585. The fraction of sp³-hybridized carbons (Fsp3) is 0.667. The molecule has 5 heteroatoms. The number of hydrogen-bond donors (Lipinski definition) is 0. The highest BCUT2D eigenvalue weighted by Gasteiger charge is 2.40. The molecule has 0 radical (unpaired) electrons. The molecule has 1 aromatic rings. The van der Waals surface area contributed by atoms with Crippen molar-refractivity contribution in [1.29, 1.82) is 0 Å². The van der Waals surface area contributed by atoms with E-state index in [1.807, 2.05) is 6.92 Å². The van der Waals surface area contributed by atoms with Crippen molar-refractivity contribution in [1.82, 2.24) is 14.7 Å². The third-order valence-corrected chi connectivity index (χ3v) is 3.63. The zero-order valence-corrected chi connectivity index (χ0v) is 10.2. The van der Waals surface area contributed by atoms with Gasteiger partial charge >= 0.3 is 5.97 Å². The Labute approximate surface area is 100 Å². The molecule has 5 nitrogen and oxygen atoms in total. The zero-order valence-electron chi connectivity index (χ0n) is 10.2. The summed E-state index contributed by atoms with van der Waals surface area (Å²) >= 11 is 0. The fourth-order valence-corrected chi connectivity index (χ4v) is 2.73. The SMILES string of the molecule is Cc1cc(C)n(C2CN([C@@H]3CCOC3=O)C2)n1. The maximum absolute atomic E-state index is 11.4. The molecule has 2 saturated heterocycles. The Balaban J connectivity index is 1.65. The van der Waals surface area contributed by atoms with E-state index in [0.717, 1.165) is 25.2 Å². The molecule has 3 heterocycles. The average Bonchev–Trinajstić information content (AvgIpc) is 2.73. The molecule has 0 N–H and O–H groups in total. The molecule has 1 atom stereocenters. The van der Waals surface area contributed by atoms with Crippen LogP contribution in [-0.4, -0.2) is 46.4 Å². The topological polar surface area (TPSA) is 47.4 Å². The molecule has 1 aromatic heterocycles. The van der Waals surface area contributed by atoms with Gasteiger partial charge in [-0.2, -0.15) is 5.10 Å². The van der Waals surface area contributed by atoms with Gasteiger partial charge in [0.15, 0.2) is 0 Å². The Bertz CT molecular complexity index is 449. The average molecular weight is 235 g/mol. The van der Waals surface area contributed by atoms with E-state index in [1.165, 1.54) is 5.69 Å². The molecule has 0 bridgehead atoms. The molecule has 0 unspecified atom stereocenters. The van der Waals surface area contributed by atoms with E-state index in [2.05, 4.69) is 27.7 Å². The first-order valence-electron chi connectivity index (χ1n) is 6.08. The zero-order chi connectivity index (χ0) is 12.0. The summed E-state index contributed by atoms with van der Waals surface area (Å²) in [5.74, 6) is -0.0585. The van der Waals surface area contributed by atoms with Crippen LogP contribution in [0.25, 0.3) is 0 Å². The molecule has 0 aliphatic carbocycles. The first-order chi connectivity index (χ1) is 8.15. The summed E-state index contributed by atoms with van der Waals surface area (Å²) in [6.07, 6.45) is 0.836. The second-order valence-corrected chi connectivity index (χ2v) is 4.95. The van der Waals surface area contributed by atoms with Crippen LogP contribution in [0.15, 0.2) is 6.07 Å². The predicted octanol–water partition coefficient (Wildman–Crippen LogP) is 0.672. The molecule has 2 fully saturated rings. The molecule has 92 valence electrons. The van der Waals surface area contributed by atoms with Gasteiger partial charge in [-0.15, -0.1) is 0 Å². The van der Waals surface area contributed by atoms with E-state index in [-0.39, 0.29) is 12.0 Å². The molecule has 0 saturated carbocycles. The third-order valence-electron chi connectivity index (χ3n) is 3.63. The van der Waals surface area contributed by atoms with Crippen LogP contribution >= 0.6 is 0 Å². The number of cyclic esters (lactones) is 1. The smallest absolute Gasteiger partial charge is 0.323 e. The molecule has 3 rings (SSSR count). The second kappa shape index (κ2) is 3.84. The van der Waals surface area contributed by atoms with Crippen molar-refractivity contribution in [3.8, 4) is 0 Å². The maximum Gasteiger partial charge on any atom is 0.323 e. The lowest BCUT2D eigenvalue weighted by molar-refractivity contribution is -0.144. The number of rotatable bonds is 2. The Morgan fingerprint density at radius 2 is 2.18 bits per heavy atom. The van der Waals surface area contributed by atoms with Crippen LogP contribution in [0, 0.1) is 13.8 Å². The summed E-state index contributed by atoms with van der Waals surface area (Å²) in [5, 5.41) is 4.49. The van der Waals surface area contributed by atoms with Crippen molar-refractivity contribution in [2.45, 2.75) is 32.4 Å². The van der Waals surface area contributed by atoms with Crippen LogP contribution in [0.4, 0.5) is 0 Å².